The van der Waals surface area contributed by atoms with E-state index in [0.29, 0.717) is 12.1 Å². The van der Waals surface area contributed by atoms with Gasteiger partial charge in [-0.15, -0.1) is 0 Å². The lowest BCUT2D eigenvalue weighted by Crippen LogP contribution is -2.54. The maximum atomic E-state index is 9.68. The molecule has 3 aliphatic rings. The third kappa shape index (κ3) is 2.73. The fourth-order valence-electron chi connectivity index (χ4n) is 4.94. The second kappa shape index (κ2) is 5.66. The highest BCUT2D eigenvalue weighted by Gasteiger charge is 2.43. The smallest absolute Gasteiger partial charge is 0.108 e. The van der Waals surface area contributed by atoms with Gasteiger partial charge in [-0.2, -0.15) is 5.26 Å². The van der Waals surface area contributed by atoms with Gasteiger partial charge >= 0.3 is 0 Å². The van der Waals surface area contributed by atoms with Crippen molar-refractivity contribution in [1.29, 1.82) is 5.26 Å². The Hall–Kier alpha value is -0.590. The van der Waals surface area contributed by atoms with Gasteiger partial charge in [-0.05, 0) is 64.2 Å². The van der Waals surface area contributed by atoms with Crippen LogP contribution in [0, 0.1) is 23.2 Å². The third-order valence-corrected chi connectivity index (χ3v) is 5.77. The normalized spacial score (nSPS) is 41.8. The van der Waals surface area contributed by atoms with Crippen molar-refractivity contribution >= 4 is 0 Å². The summed E-state index contributed by atoms with van der Waals surface area (Å²) in [5.74, 6) is 1.93. The first-order valence-corrected chi connectivity index (χ1v) is 8.55. The molecule has 112 valence electrons. The zero-order valence-electron chi connectivity index (χ0n) is 13.1. The van der Waals surface area contributed by atoms with E-state index in [0.717, 1.165) is 24.7 Å². The van der Waals surface area contributed by atoms with Crippen LogP contribution in [0.5, 0.6) is 0 Å². The van der Waals surface area contributed by atoms with Crippen molar-refractivity contribution in [2.75, 3.05) is 13.1 Å². The second-order valence-corrected chi connectivity index (χ2v) is 7.65. The highest BCUT2D eigenvalue weighted by Crippen LogP contribution is 2.41. The van der Waals surface area contributed by atoms with Crippen molar-refractivity contribution < 1.29 is 0 Å². The third-order valence-electron chi connectivity index (χ3n) is 5.77. The molecule has 0 aromatic rings. The van der Waals surface area contributed by atoms with E-state index in [-0.39, 0.29) is 5.54 Å². The first-order chi connectivity index (χ1) is 9.62. The van der Waals surface area contributed by atoms with Gasteiger partial charge in [-0.3, -0.25) is 10.2 Å². The zero-order valence-corrected chi connectivity index (χ0v) is 13.1. The monoisotopic (exact) mass is 275 g/mol. The summed E-state index contributed by atoms with van der Waals surface area (Å²) < 4.78 is 0. The minimum atomic E-state index is -0.269. The Morgan fingerprint density at radius 1 is 1.15 bits per heavy atom. The van der Waals surface area contributed by atoms with Crippen molar-refractivity contribution in [3.8, 4) is 6.07 Å². The van der Waals surface area contributed by atoms with E-state index in [1.54, 1.807) is 0 Å². The summed E-state index contributed by atoms with van der Waals surface area (Å²) in [7, 11) is 0. The first kappa shape index (κ1) is 14.4. The molecule has 3 nitrogen and oxygen atoms in total. The molecular formula is C17H29N3. The van der Waals surface area contributed by atoms with Crippen LogP contribution >= 0.6 is 0 Å². The van der Waals surface area contributed by atoms with Crippen LogP contribution in [0.25, 0.3) is 0 Å². The summed E-state index contributed by atoms with van der Waals surface area (Å²) >= 11 is 0. The van der Waals surface area contributed by atoms with E-state index in [1.807, 2.05) is 0 Å². The Morgan fingerprint density at radius 3 is 2.45 bits per heavy atom. The topological polar surface area (TPSA) is 39.1 Å². The Labute approximate surface area is 123 Å². The van der Waals surface area contributed by atoms with Crippen LogP contribution in [0.15, 0.2) is 0 Å². The molecule has 1 N–H and O–H groups in total. The Balaban J connectivity index is 1.65. The van der Waals surface area contributed by atoms with E-state index in [1.165, 1.54) is 45.2 Å². The molecule has 1 aliphatic heterocycles. The SMILES string of the molecule is CC(C)NC1(C#N)CCCC(N2CC3CCCC3C2)C1. The number of nitriles is 1. The molecule has 0 aromatic heterocycles. The largest absolute Gasteiger partial charge is 0.300 e. The molecule has 0 aromatic carbocycles. The number of likely N-dealkylation sites (tertiary alicyclic amines) is 1. The van der Waals surface area contributed by atoms with Gasteiger partial charge in [0.25, 0.3) is 0 Å². The molecule has 3 rings (SSSR count). The molecule has 3 heteroatoms. The van der Waals surface area contributed by atoms with E-state index in [4.69, 9.17) is 0 Å². The Morgan fingerprint density at radius 2 is 1.85 bits per heavy atom. The maximum Gasteiger partial charge on any atom is 0.108 e. The van der Waals surface area contributed by atoms with Crippen molar-refractivity contribution in [3.05, 3.63) is 0 Å². The lowest BCUT2D eigenvalue weighted by molar-refractivity contribution is 0.131. The number of nitrogens with zero attached hydrogens (tertiary/aromatic N) is 2. The van der Waals surface area contributed by atoms with E-state index >= 15 is 0 Å². The van der Waals surface area contributed by atoms with Gasteiger partial charge in [0.05, 0.1) is 6.07 Å². The minimum absolute atomic E-state index is 0.269. The van der Waals surface area contributed by atoms with Gasteiger partial charge in [0.1, 0.15) is 5.54 Å². The van der Waals surface area contributed by atoms with E-state index in [9.17, 15) is 5.26 Å². The summed E-state index contributed by atoms with van der Waals surface area (Å²) in [4.78, 5) is 2.72. The molecule has 3 fully saturated rings. The highest BCUT2D eigenvalue weighted by atomic mass is 15.2. The van der Waals surface area contributed by atoms with E-state index < -0.39 is 0 Å². The number of fused-ring (bicyclic) bond motifs is 1. The average molecular weight is 275 g/mol. The van der Waals surface area contributed by atoms with Crippen molar-refractivity contribution in [2.24, 2.45) is 11.8 Å². The minimum Gasteiger partial charge on any atom is -0.300 e. The summed E-state index contributed by atoms with van der Waals surface area (Å²) in [6.07, 6.45) is 8.89. The molecule has 0 bridgehead atoms. The Bertz CT molecular complexity index is 374. The fourth-order valence-corrected chi connectivity index (χ4v) is 4.94. The lowest BCUT2D eigenvalue weighted by atomic mass is 9.79. The quantitative estimate of drug-likeness (QED) is 0.861. The zero-order chi connectivity index (χ0) is 14.2. The van der Waals surface area contributed by atoms with Crippen molar-refractivity contribution in [3.63, 3.8) is 0 Å². The molecule has 1 saturated heterocycles. The molecule has 1 heterocycles. The maximum absolute atomic E-state index is 9.68. The van der Waals surface area contributed by atoms with Gasteiger partial charge in [0.15, 0.2) is 0 Å². The molecule has 4 atom stereocenters. The van der Waals surface area contributed by atoms with Gasteiger partial charge in [0, 0.05) is 25.2 Å². The van der Waals surface area contributed by atoms with Crippen LogP contribution in [0.2, 0.25) is 0 Å². The predicted molar refractivity (Wildman–Crippen MR) is 81.3 cm³/mol. The number of hydrogen-bond donors (Lipinski definition) is 1. The van der Waals surface area contributed by atoms with Crippen LogP contribution in [-0.4, -0.2) is 35.6 Å². The van der Waals surface area contributed by atoms with E-state index in [2.05, 4.69) is 30.1 Å². The molecule has 20 heavy (non-hydrogen) atoms. The fraction of sp³-hybridized carbons (Fsp3) is 0.941. The highest BCUT2D eigenvalue weighted by molar-refractivity contribution is 5.12. The summed E-state index contributed by atoms with van der Waals surface area (Å²) in [6.45, 7) is 6.92. The summed E-state index contributed by atoms with van der Waals surface area (Å²) in [5, 5.41) is 13.2. The Kier molecular flexibility index (Phi) is 4.06. The van der Waals surface area contributed by atoms with Crippen LogP contribution in [0.4, 0.5) is 0 Å². The molecule has 0 radical (unpaired) electrons. The van der Waals surface area contributed by atoms with Gasteiger partial charge < -0.3 is 0 Å². The predicted octanol–water partition coefficient (Wildman–Crippen LogP) is 2.92. The van der Waals surface area contributed by atoms with Gasteiger partial charge in [0.2, 0.25) is 0 Å². The van der Waals surface area contributed by atoms with Crippen molar-refractivity contribution in [2.45, 2.75) is 76.4 Å². The first-order valence-electron chi connectivity index (χ1n) is 8.55. The molecule has 4 unspecified atom stereocenters. The van der Waals surface area contributed by atoms with Crippen LogP contribution in [0.3, 0.4) is 0 Å². The average Bonchev–Trinajstić information content (AvgIpc) is 2.99. The standard InChI is InChI=1S/C17H29N3/c1-13(2)19-17(12-18)8-4-7-16(9-17)20-10-14-5-3-6-15(14)11-20/h13-16,19H,3-11H2,1-2H3. The van der Waals surface area contributed by atoms with Crippen molar-refractivity contribution in [1.82, 2.24) is 10.2 Å². The molecule has 2 aliphatic carbocycles. The molecule has 0 amide bonds. The van der Waals surface area contributed by atoms with Crippen LogP contribution in [-0.2, 0) is 0 Å². The van der Waals surface area contributed by atoms with Crippen LogP contribution < -0.4 is 5.32 Å². The summed E-state index contributed by atoms with van der Waals surface area (Å²) in [5.41, 5.74) is -0.269. The molecular weight excluding hydrogens is 246 g/mol. The van der Waals surface area contributed by atoms with Crippen LogP contribution in [0.1, 0.15) is 58.8 Å². The molecule has 2 saturated carbocycles. The number of hydrogen-bond acceptors (Lipinski definition) is 3. The lowest BCUT2D eigenvalue weighted by Gasteiger charge is -2.41. The van der Waals surface area contributed by atoms with Gasteiger partial charge in [-0.1, -0.05) is 6.42 Å². The number of rotatable bonds is 3. The second-order valence-electron chi connectivity index (χ2n) is 7.65. The number of nitrogens with one attached hydrogen (secondary N) is 1. The summed E-state index contributed by atoms with van der Waals surface area (Å²) in [6, 6.07) is 3.65. The van der Waals surface area contributed by atoms with Gasteiger partial charge in [-0.25, -0.2) is 0 Å². The molecule has 0 spiro atoms.